The molecule has 3 aromatic heterocycles. The Kier molecular flexibility index (Phi) is 6.28. The Bertz CT molecular complexity index is 1240. The summed E-state index contributed by atoms with van der Waals surface area (Å²) in [6, 6.07) is 7.76. The van der Waals surface area contributed by atoms with E-state index in [1.165, 1.54) is 23.1 Å². The number of thioether (sulfide) groups is 1. The topological polar surface area (TPSA) is 101 Å². The van der Waals surface area contributed by atoms with E-state index in [0.29, 0.717) is 27.4 Å². The van der Waals surface area contributed by atoms with Crippen LogP contribution in [0.5, 0.6) is 0 Å². The molecule has 0 aliphatic heterocycles. The molecule has 2 N–H and O–H groups in total. The van der Waals surface area contributed by atoms with Gasteiger partial charge in [-0.1, -0.05) is 37.7 Å². The van der Waals surface area contributed by atoms with Gasteiger partial charge in [0, 0.05) is 0 Å². The molecular formula is C21H23N5O3S2. The maximum absolute atomic E-state index is 12.7. The van der Waals surface area contributed by atoms with Crippen molar-refractivity contribution in [2.45, 2.75) is 32.3 Å². The Morgan fingerprint density at radius 1 is 1.32 bits per heavy atom. The van der Waals surface area contributed by atoms with Crippen LogP contribution in [-0.2, 0) is 16.0 Å². The van der Waals surface area contributed by atoms with Crippen molar-refractivity contribution in [1.29, 1.82) is 0 Å². The highest BCUT2D eigenvalue weighted by molar-refractivity contribution is 7.99. The van der Waals surface area contributed by atoms with Gasteiger partial charge in [-0.3, -0.25) is 9.20 Å². The maximum atomic E-state index is 12.7. The molecule has 3 heterocycles. The first-order chi connectivity index (χ1) is 15.0. The summed E-state index contributed by atoms with van der Waals surface area (Å²) in [6.45, 7) is 6.23. The Balaban J connectivity index is 1.50. The van der Waals surface area contributed by atoms with Crippen molar-refractivity contribution in [3.63, 3.8) is 0 Å². The molecule has 10 heteroatoms. The van der Waals surface area contributed by atoms with E-state index in [1.54, 1.807) is 6.92 Å². The number of fused-ring (bicyclic) bond motifs is 3. The SMILES string of the molecule is CCOC(=O)c1c(CC(C)C)csc1NC(=O)CSc1n[nH]c2nc3ccccc3n12. The van der Waals surface area contributed by atoms with Crippen molar-refractivity contribution >= 4 is 56.8 Å². The molecule has 8 nitrogen and oxygen atoms in total. The van der Waals surface area contributed by atoms with Gasteiger partial charge in [0.15, 0.2) is 5.16 Å². The van der Waals surface area contributed by atoms with Crippen LogP contribution in [0, 0.1) is 5.92 Å². The Morgan fingerprint density at radius 2 is 2.13 bits per heavy atom. The number of carbonyl (C=O) groups excluding carboxylic acids is 2. The van der Waals surface area contributed by atoms with Crippen molar-refractivity contribution < 1.29 is 14.3 Å². The summed E-state index contributed by atoms with van der Waals surface area (Å²) < 4.78 is 7.11. The minimum absolute atomic E-state index is 0.145. The number of imidazole rings is 1. The van der Waals surface area contributed by atoms with E-state index in [0.717, 1.165) is 23.0 Å². The Morgan fingerprint density at radius 3 is 2.90 bits per heavy atom. The fourth-order valence-electron chi connectivity index (χ4n) is 3.33. The third-order valence-corrected chi connectivity index (χ3v) is 6.45. The van der Waals surface area contributed by atoms with Gasteiger partial charge in [-0.05, 0) is 42.3 Å². The number of aromatic nitrogens is 4. The standard InChI is InChI=1S/C21H23N5O3S2/c1-4-29-19(28)17-13(9-12(2)3)10-30-18(17)23-16(27)11-31-21-25-24-20-22-14-7-5-6-8-15(14)26(20)21/h5-8,10,12H,4,9,11H2,1-3H3,(H,22,24)(H,23,27). The molecule has 0 aliphatic rings. The van der Waals surface area contributed by atoms with Gasteiger partial charge < -0.3 is 10.1 Å². The summed E-state index contributed by atoms with van der Waals surface area (Å²) in [6.07, 6.45) is 0.744. The summed E-state index contributed by atoms with van der Waals surface area (Å²) in [7, 11) is 0. The second-order valence-corrected chi connectivity index (χ2v) is 9.21. The quantitative estimate of drug-likeness (QED) is 0.301. The van der Waals surface area contributed by atoms with Crippen LogP contribution in [0.3, 0.4) is 0 Å². The number of aromatic amines is 1. The molecule has 0 radical (unpaired) electrons. The fourth-order valence-corrected chi connectivity index (χ4v) is 5.07. The highest BCUT2D eigenvalue weighted by atomic mass is 32.2. The third-order valence-electron chi connectivity index (χ3n) is 4.56. The number of rotatable bonds is 8. The number of carbonyl (C=O) groups is 2. The lowest BCUT2D eigenvalue weighted by atomic mass is 10.0. The molecule has 0 unspecified atom stereocenters. The number of hydrogen-bond donors (Lipinski definition) is 2. The lowest BCUT2D eigenvalue weighted by Gasteiger charge is -2.09. The minimum atomic E-state index is -0.402. The van der Waals surface area contributed by atoms with Crippen LogP contribution in [0.1, 0.15) is 36.7 Å². The predicted octanol–water partition coefficient (Wildman–Crippen LogP) is 4.38. The molecule has 0 atom stereocenters. The highest BCUT2D eigenvalue weighted by Crippen LogP contribution is 2.31. The zero-order valence-corrected chi connectivity index (χ0v) is 19.1. The van der Waals surface area contributed by atoms with Crippen molar-refractivity contribution in [3.8, 4) is 0 Å². The van der Waals surface area contributed by atoms with Crippen molar-refractivity contribution in [2.24, 2.45) is 5.92 Å². The molecule has 162 valence electrons. The number of nitrogens with one attached hydrogen (secondary N) is 2. The summed E-state index contributed by atoms with van der Waals surface area (Å²) in [4.78, 5) is 29.7. The zero-order valence-electron chi connectivity index (χ0n) is 17.5. The van der Waals surface area contributed by atoms with Gasteiger partial charge in [0.1, 0.15) is 5.00 Å². The molecule has 31 heavy (non-hydrogen) atoms. The normalized spacial score (nSPS) is 11.5. The average Bonchev–Trinajstić information content (AvgIpc) is 3.40. The Labute approximate surface area is 187 Å². The third kappa shape index (κ3) is 4.45. The number of benzene rings is 1. The molecule has 4 aromatic rings. The van der Waals surface area contributed by atoms with Crippen LogP contribution in [0.2, 0.25) is 0 Å². The second kappa shape index (κ2) is 9.11. The first-order valence-corrected chi connectivity index (χ1v) is 11.9. The fraction of sp³-hybridized carbons (Fsp3) is 0.333. The van der Waals surface area contributed by atoms with Crippen molar-refractivity contribution in [3.05, 3.63) is 40.8 Å². The van der Waals surface area contributed by atoms with E-state index in [2.05, 4.69) is 34.3 Å². The van der Waals surface area contributed by atoms with Gasteiger partial charge in [0.05, 0.1) is 29.0 Å². The van der Waals surface area contributed by atoms with Crippen LogP contribution in [-0.4, -0.2) is 43.8 Å². The van der Waals surface area contributed by atoms with Crippen LogP contribution < -0.4 is 5.32 Å². The van der Waals surface area contributed by atoms with Gasteiger partial charge in [-0.2, -0.15) is 0 Å². The maximum Gasteiger partial charge on any atom is 0.341 e. The molecule has 1 amide bonds. The number of anilines is 1. The number of esters is 1. The van der Waals surface area contributed by atoms with E-state index in [9.17, 15) is 9.59 Å². The molecule has 4 rings (SSSR count). The van der Waals surface area contributed by atoms with Crippen molar-refractivity contribution in [2.75, 3.05) is 17.7 Å². The van der Waals surface area contributed by atoms with Crippen LogP contribution in [0.25, 0.3) is 16.8 Å². The van der Waals surface area contributed by atoms with Gasteiger partial charge in [-0.25, -0.2) is 14.9 Å². The van der Waals surface area contributed by atoms with Gasteiger partial charge in [0.2, 0.25) is 11.7 Å². The second-order valence-electron chi connectivity index (χ2n) is 7.39. The zero-order chi connectivity index (χ0) is 22.0. The van der Waals surface area contributed by atoms with E-state index < -0.39 is 5.97 Å². The van der Waals surface area contributed by atoms with Gasteiger partial charge in [-0.15, -0.1) is 16.4 Å². The first-order valence-electron chi connectivity index (χ1n) is 9.99. The number of amides is 1. The predicted molar refractivity (Wildman–Crippen MR) is 123 cm³/mol. The van der Waals surface area contributed by atoms with Gasteiger partial charge >= 0.3 is 5.97 Å². The molecule has 0 spiro atoms. The van der Waals surface area contributed by atoms with E-state index in [4.69, 9.17) is 4.74 Å². The van der Waals surface area contributed by atoms with E-state index in [1.807, 2.05) is 34.0 Å². The number of nitrogens with zero attached hydrogens (tertiary/aromatic N) is 3. The smallest absolute Gasteiger partial charge is 0.341 e. The summed E-state index contributed by atoms with van der Waals surface area (Å²) in [5.74, 6) is 0.543. The molecule has 0 saturated heterocycles. The van der Waals surface area contributed by atoms with E-state index >= 15 is 0 Å². The average molecular weight is 458 g/mol. The largest absolute Gasteiger partial charge is 0.462 e. The van der Waals surface area contributed by atoms with Crippen LogP contribution in [0.15, 0.2) is 34.8 Å². The number of hydrogen-bond acceptors (Lipinski definition) is 7. The van der Waals surface area contributed by atoms with E-state index in [-0.39, 0.29) is 18.3 Å². The number of ether oxygens (including phenoxy) is 1. The lowest BCUT2D eigenvalue weighted by molar-refractivity contribution is -0.113. The molecule has 0 fully saturated rings. The molecular weight excluding hydrogens is 434 g/mol. The molecule has 0 bridgehead atoms. The number of thiophene rings is 1. The van der Waals surface area contributed by atoms with Crippen molar-refractivity contribution in [1.82, 2.24) is 19.6 Å². The van der Waals surface area contributed by atoms with Crippen LogP contribution in [0.4, 0.5) is 5.00 Å². The van der Waals surface area contributed by atoms with Gasteiger partial charge in [0.25, 0.3) is 0 Å². The monoisotopic (exact) mass is 457 g/mol. The number of H-pyrrole nitrogens is 1. The summed E-state index contributed by atoms with van der Waals surface area (Å²) in [5.41, 5.74) is 3.15. The molecule has 0 saturated carbocycles. The highest BCUT2D eigenvalue weighted by Gasteiger charge is 2.22. The molecule has 0 aliphatic carbocycles. The van der Waals surface area contributed by atoms with Crippen LogP contribution >= 0.6 is 23.1 Å². The lowest BCUT2D eigenvalue weighted by Crippen LogP contribution is -2.17. The minimum Gasteiger partial charge on any atom is -0.462 e. The molecule has 1 aromatic carbocycles. The summed E-state index contributed by atoms with van der Waals surface area (Å²) >= 11 is 2.65. The summed E-state index contributed by atoms with van der Waals surface area (Å²) in [5, 5.41) is 13.2. The Hall–Kier alpha value is -2.85. The first kappa shape index (κ1) is 21.4. The number of para-hydroxylation sites is 2.